The number of carboxylic acid groups (broad SMARTS) is 1. The second-order valence-corrected chi connectivity index (χ2v) is 7.47. The topological polar surface area (TPSA) is 58.0 Å². The van der Waals surface area contributed by atoms with Gasteiger partial charge in [-0.2, -0.15) is 0 Å². The van der Waals surface area contributed by atoms with Crippen LogP contribution in [0.5, 0.6) is 0 Å². The van der Waals surface area contributed by atoms with Crippen molar-refractivity contribution in [3.63, 3.8) is 0 Å². The van der Waals surface area contributed by atoms with E-state index >= 15 is 0 Å². The number of H-pyrrole nitrogens is 1. The Morgan fingerprint density at radius 3 is 2.70 bits per heavy atom. The van der Waals surface area contributed by atoms with Crippen LogP contribution in [0.25, 0.3) is 27.4 Å². The van der Waals surface area contributed by atoms with Gasteiger partial charge in [-0.15, -0.1) is 0 Å². The third kappa shape index (κ3) is 3.24. The summed E-state index contributed by atoms with van der Waals surface area (Å²) in [5.74, 6) is -1.92. The molecule has 5 heteroatoms. The molecule has 148 valence electrons. The fourth-order valence-electron chi connectivity index (χ4n) is 4.04. The van der Waals surface area contributed by atoms with Crippen LogP contribution in [0, 0.1) is 5.82 Å². The lowest BCUT2D eigenvalue weighted by atomic mass is 9.97. The highest BCUT2D eigenvalue weighted by Gasteiger charge is 2.23. The Hall–Kier alpha value is -3.86. The number of hydrogen-bond acceptors (Lipinski definition) is 1. The van der Waals surface area contributed by atoms with Crippen molar-refractivity contribution in [3.05, 3.63) is 102 Å². The summed E-state index contributed by atoms with van der Waals surface area (Å²) in [4.78, 5) is 15.2. The summed E-state index contributed by atoms with van der Waals surface area (Å²) in [6.45, 7) is 0. The van der Waals surface area contributed by atoms with E-state index in [0.29, 0.717) is 11.9 Å². The zero-order chi connectivity index (χ0) is 20.7. The molecule has 5 aromatic rings. The van der Waals surface area contributed by atoms with E-state index in [9.17, 15) is 14.3 Å². The summed E-state index contributed by atoms with van der Waals surface area (Å²) in [7, 11) is 0. The van der Waals surface area contributed by atoms with Crippen molar-refractivity contribution >= 4 is 27.6 Å². The van der Waals surface area contributed by atoms with Crippen LogP contribution in [0.15, 0.2) is 85.2 Å². The summed E-state index contributed by atoms with van der Waals surface area (Å²) in [5, 5.41) is 13.0. The van der Waals surface area contributed by atoms with Crippen LogP contribution in [0.2, 0.25) is 0 Å². The summed E-state index contributed by atoms with van der Waals surface area (Å²) in [6, 6.07) is 22.4. The molecule has 0 saturated carbocycles. The van der Waals surface area contributed by atoms with Crippen molar-refractivity contribution in [2.75, 3.05) is 0 Å². The minimum atomic E-state index is -0.893. The Morgan fingerprint density at radius 1 is 1.00 bits per heavy atom. The molecule has 0 amide bonds. The van der Waals surface area contributed by atoms with Gasteiger partial charge >= 0.3 is 5.97 Å². The second-order valence-electron chi connectivity index (χ2n) is 7.47. The van der Waals surface area contributed by atoms with Gasteiger partial charge in [0.05, 0.1) is 11.6 Å². The lowest BCUT2D eigenvalue weighted by molar-refractivity contribution is -0.138. The number of aliphatic carboxylic acids is 1. The van der Waals surface area contributed by atoms with E-state index in [1.165, 1.54) is 12.1 Å². The summed E-state index contributed by atoms with van der Waals surface area (Å²) in [6.07, 6.45) is 4.07. The molecule has 0 aliphatic carbocycles. The maximum atomic E-state index is 13.5. The van der Waals surface area contributed by atoms with E-state index in [2.05, 4.69) is 23.2 Å². The summed E-state index contributed by atoms with van der Waals surface area (Å²) in [5.41, 5.74) is 3.16. The van der Waals surface area contributed by atoms with E-state index in [1.807, 2.05) is 53.4 Å². The third-order valence-corrected chi connectivity index (χ3v) is 5.53. The molecule has 0 bridgehead atoms. The molecule has 30 heavy (non-hydrogen) atoms. The Morgan fingerprint density at radius 2 is 1.83 bits per heavy atom. The summed E-state index contributed by atoms with van der Waals surface area (Å²) < 4.78 is 15.4. The van der Waals surface area contributed by atoms with Gasteiger partial charge in [0.15, 0.2) is 0 Å². The number of carboxylic acids is 1. The molecule has 5 rings (SSSR count). The average molecular weight is 398 g/mol. The van der Waals surface area contributed by atoms with Crippen molar-refractivity contribution in [1.29, 1.82) is 0 Å². The van der Waals surface area contributed by atoms with E-state index < -0.39 is 11.9 Å². The fraction of sp³-hybridized carbons (Fsp3) is 0.0800. The number of fused-ring (bicyclic) bond motifs is 2. The highest BCUT2D eigenvalue weighted by atomic mass is 19.1. The Kier molecular flexibility index (Phi) is 4.36. The zero-order valence-corrected chi connectivity index (χ0v) is 16.0. The van der Waals surface area contributed by atoms with Gasteiger partial charge in [-0.05, 0) is 52.7 Å². The number of benzene rings is 3. The Balaban J connectivity index is 1.49. The van der Waals surface area contributed by atoms with Crippen molar-refractivity contribution in [2.24, 2.45) is 0 Å². The highest BCUT2D eigenvalue weighted by Crippen LogP contribution is 2.28. The van der Waals surface area contributed by atoms with Crippen molar-refractivity contribution < 1.29 is 14.3 Å². The number of aromatic amines is 1. The fourth-order valence-corrected chi connectivity index (χ4v) is 4.04. The molecule has 2 heterocycles. The first-order valence-electron chi connectivity index (χ1n) is 9.74. The monoisotopic (exact) mass is 398 g/mol. The number of halogens is 1. The van der Waals surface area contributed by atoms with E-state index in [-0.39, 0.29) is 5.82 Å². The average Bonchev–Trinajstić information content (AvgIpc) is 3.37. The molecule has 4 nitrogen and oxygen atoms in total. The standard InChI is InChI=1S/C25H19FN2O2/c26-19-9-8-17-12-20(27-23(17)13-19)14-22(25(29)30)18-10-11-28(15-18)24-7-3-5-16-4-1-2-6-21(16)24/h1-13,15,22,27H,14H2,(H,29,30). The number of aromatic nitrogens is 2. The molecule has 1 atom stereocenters. The molecule has 0 aliphatic rings. The lowest BCUT2D eigenvalue weighted by Gasteiger charge is -2.11. The largest absolute Gasteiger partial charge is 0.481 e. The summed E-state index contributed by atoms with van der Waals surface area (Å²) >= 11 is 0. The van der Waals surface area contributed by atoms with Gasteiger partial charge < -0.3 is 14.7 Å². The van der Waals surface area contributed by atoms with Crippen LogP contribution >= 0.6 is 0 Å². The molecule has 0 fully saturated rings. The van der Waals surface area contributed by atoms with Gasteiger partial charge in [-0.1, -0.05) is 36.4 Å². The number of nitrogens with one attached hydrogen (secondary N) is 1. The SMILES string of the molecule is O=C(O)C(Cc1cc2ccc(F)cc2[nH]1)c1ccn(-c2cccc3ccccc23)c1. The van der Waals surface area contributed by atoms with Crippen molar-refractivity contribution in [2.45, 2.75) is 12.3 Å². The van der Waals surface area contributed by atoms with Crippen LogP contribution in [0.4, 0.5) is 4.39 Å². The first-order valence-corrected chi connectivity index (χ1v) is 9.74. The second kappa shape index (κ2) is 7.19. The highest BCUT2D eigenvalue weighted by molar-refractivity contribution is 5.90. The Labute approximate surface area is 172 Å². The molecule has 0 spiro atoms. The predicted octanol–water partition coefficient (Wildman–Crippen LogP) is 5.66. The number of nitrogens with zero attached hydrogens (tertiary/aromatic N) is 1. The maximum Gasteiger partial charge on any atom is 0.311 e. The normalized spacial score (nSPS) is 12.4. The van der Waals surface area contributed by atoms with Crippen LogP contribution in [-0.2, 0) is 11.2 Å². The maximum absolute atomic E-state index is 13.5. The molecule has 2 N–H and O–H groups in total. The molecule has 0 aliphatic heterocycles. The van der Waals surface area contributed by atoms with Crippen molar-refractivity contribution in [1.82, 2.24) is 9.55 Å². The molecular formula is C25H19FN2O2. The number of carbonyl (C=O) groups is 1. The molecule has 0 saturated heterocycles. The minimum Gasteiger partial charge on any atom is -0.481 e. The molecule has 3 aromatic carbocycles. The molecular weight excluding hydrogens is 379 g/mol. The third-order valence-electron chi connectivity index (χ3n) is 5.53. The number of hydrogen-bond donors (Lipinski definition) is 2. The predicted molar refractivity (Wildman–Crippen MR) is 116 cm³/mol. The zero-order valence-electron chi connectivity index (χ0n) is 16.0. The van der Waals surface area contributed by atoms with Crippen molar-refractivity contribution in [3.8, 4) is 5.69 Å². The van der Waals surface area contributed by atoms with Crippen LogP contribution in [-0.4, -0.2) is 20.6 Å². The van der Waals surface area contributed by atoms with Crippen LogP contribution in [0.1, 0.15) is 17.2 Å². The van der Waals surface area contributed by atoms with Gasteiger partial charge in [0.2, 0.25) is 0 Å². The Bertz CT molecular complexity index is 1380. The van der Waals surface area contributed by atoms with E-state index in [4.69, 9.17) is 0 Å². The van der Waals surface area contributed by atoms with Crippen LogP contribution in [0.3, 0.4) is 0 Å². The quantitative estimate of drug-likeness (QED) is 0.401. The van der Waals surface area contributed by atoms with Gasteiger partial charge in [-0.3, -0.25) is 4.79 Å². The number of rotatable bonds is 5. The molecule has 1 unspecified atom stereocenters. The van der Waals surface area contributed by atoms with Gasteiger partial charge in [0.25, 0.3) is 0 Å². The van der Waals surface area contributed by atoms with E-state index in [0.717, 1.165) is 33.1 Å². The minimum absolute atomic E-state index is 0.297. The molecule has 0 radical (unpaired) electrons. The van der Waals surface area contributed by atoms with Gasteiger partial charge in [0, 0.05) is 35.4 Å². The molecule has 2 aromatic heterocycles. The first kappa shape index (κ1) is 18.2. The lowest BCUT2D eigenvalue weighted by Crippen LogP contribution is -2.14. The van der Waals surface area contributed by atoms with Crippen LogP contribution < -0.4 is 0 Å². The first-order chi connectivity index (χ1) is 14.6. The smallest absolute Gasteiger partial charge is 0.311 e. The van der Waals surface area contributed by atoms with Gasteiger partial charge in [0.1, 0.15) is 5.82 Å². The van der Waals surface area contributed by atoms with E-state index in [1.54, 1.807) is 6.07 Å². The van der Waals surface area contributed by atoms with Gasteiger partial charge in [-0.25, -0.2) is 4.39 Å².